The Morgan fingerprint density at radius 1 is 0.659 bits per heavy atom. The van der Waals surface area contributed by atoms with Crippen LogP contribution >= 0.6 is 47.0 Å². The predicted molar refractivity (Wildman–Crippen MR) is 168 cm³/mol. The van der Waals surface area contributed by atoms with E-state index in [0.29, 0.717) is 12.8 Å². The second kappa shape index (κ2) is 19.6. The second-order valence-corrected chi connectivity index (χ2v) is 13.2. The molecule has 0 bridgehead atoms. The monoisotopic (exact) mass is 737 g/mol. The van der Waals surface area contributed by atoms with Crippen LogP contribution in [0.4, 0.5) is 0 Å². The first-order valence-electron chi connectivity index (χ1n) is 13.2. The summed E-state index contributed by atoms with van der Waals surface area (Å²) in [6.07, 6.45) is 6.78. The molecular weight excluding hydrogens is 696 g/mol. The van der Waals surface area contributed by atoms with E-state index >= 15 is 0 Å². The molecular formula is C28H42AgN2O6S4. The number of ether oxygens (including phenoxy) is 2. The van der Waals surface area contributed by atoms with E-state index in [-0.39, 0.29) is 47.8 Å². The molecule has 0 amide bonds. The van der Waals surface area contributed by atoms with Crippen molar-refractivity contribution in [3.8, 4) is 0 Å². The summed E-state index contributed by atoms with van der Waals surface area (Å²) in [7, 11) is 0. The third-order valence-corrected chi connectivity index (χ3v) is 9.08. The molecule has 8 nitrogen and oxygen atoms in total. The number of pyridine rings is 2. The smallest absolute Gasteiger partial charge is 0.107 e. The quantitative estimate of drug-likeness (QED) is 0.236. The van der Waals surface area contributed by atoms with Crippen LogP contribution < -0.4 is 0 Å². The van der Waals surface area contributed by atoms with Gasteiger partial charge in [0.05, 0.1) is 60.4 Å². The zero-order chi connectivity index (χ0) is 29.1. The van der Waals surface area contributed by atoms with Gasteiger partial charge in [0, 0.05) is 69.4 Å². The molecule has 6 atom stereocenters. The van der Waals surface area contributed by atoms with E-state index in [1.54, 1.807) is 47.0 Å². The van der Waals surface area contributed by atoms with Gasteiger partial charge in [0.25, 0.3) is 0 Å². The Morgan fingerprint density at radius 3 is 1.32 bits per heavy atom. The molecule has 4 N–H and O–H groups in total. The molecule has 2 aromatic rings. The van der Waals surface area contributed by atoms with Crippen molar-refractivity contribution in [2.24, 2.45) is 0 Å². The van der Waals surface area contributed by atoms with E-state index in [9.17, 15) is 20.4 Å². The molecule has 0 aliphatic carbocycles. The third-order valence-electron chi connectivity index (χ3n) is 6.78. The van der Waals surface area contributed by atoms with E-state index < -0.39 is 24.4 Å². The molecule has 0 saturated carbocycles. The minimum atomic E-state index is -0.599. The fourth-order valence-corrected chi connectivity index (χ4v) is 6.77. The molecule has 235 valence electrons. The Balaban J connectivity index is 0.000000280. The molecule has 6 unspecified atom stereocenters. The molecule has 2 aromatic heterocycles. The van der Waals surface area contributed by atoms with E-state index in [1.807, 2.05) is 24.6 Å². The van der Waals surface area contributed by atoms with Gasteiger partial charge in [-0.15, -0.1) is 0 Å². The van der Waals surface area contributed by atoms with Gasteiger partial charge in [-0.05, 0) is 37.2 Å². The minimum Gasteiger partial charge on any atom is -0.394 e. The van der Waals surface area contributed by atoms with Gasteiger partial charge in [-0.3, -0.25) is 9.97 Å². The van der Waals surface area contributed by atoms with Crippen LogP contribution in [0, 0.1) is 0 Å². The van der Waals surface area contributed by atoms with Crippen molar-refractivity contribution < 1.29 is 52.3 Å². The van der Waals surface area contributed by atoms with E-state index in [1.165, 1.54) is 0 Å². The van der Waals surface area contributed by atoms with Gasteiger partial charge in [-0.25, -0.2) is 0 Å². The van der Waals surface area contributed by atoms with Crippen LogP contribution in [-0.2, 0) is 54.9 Å². The van der Waals surface area contributed by atoms with Crippen LogP contribution in [0.5, 0.6) is 0 Å². The molecule has 4 heterocycles. The molecule has 2 fully saturated rings. The van der Waals surface area contributed by atoms with Crippen LogP contribution in [0.1, 0.15) is 59.0 Å². The summed E-state index contributed by atoms with van der Waals surface area (Å²) in [6.45, 7) is -0.291. The third kappa shape index (κ3) is 10.7. The molecule has 0 spiro atoms. The van der Waals surface area contributed by atoms with Gasteiger partial charge in [0.1, 0.15) is 12.2 Å². The number of aliphatic hydroxyl groups is 4. The maximum absolute atomic E-state index is 9.87. The Bertz CT molecular complexity index is 977. The molecule has 13 heteroatoms. The van der Waals surface area contributed by atoms with Crippen molar-refractivity contribution in [3.63, 3.8) is 0 Å². The second-order valence-electron chi connectivity index (χ2n) is 9.71. The van der Waals surface area contributed by atoms with Crippen molar-refractivity contribution in [2.45, 2.75) is 72.5 Å². The average Bonchev–Trinajstić information content (AvgIpc) is 3.51. The van der Waals surface area contributed by atoms with Crippen LogP contribution in [0.2, 0.25) is 0 Å². The van der Waals surface area contributed by atoms with Crippen molar-refractivity contribution in [1.29, 1.82) is 0 Å². The molecule has 1 radical (unpaired) electrons. The first-order chi connectivity index (χ1) is 19.4. The zero-order valence-electron chi connectivity index (χ0n) is 23.9. The number of aliphatic hydroxyl groups excluding tert-OH is 4. The number of aromatic nitrogens is 2. The summed E-state index contributed by atoms with van der Waals surface area (Å²) in [6, 6.07) is 8.16. The first kappa shape index (κ1) is 37.4. The molecule has 2 saturated heterocycles. The average molecular weight is 739 g/mol. The topological polar surface area (TPSA) is 125 Å². The molecule has 2 aliphatic rings. The van der Waals surface area contributed by atoms with Gasteiger partial charge in [0.15, 0.2) is 0 Å². The van der Waals surface area contributed by atoms with Crippen LogP contribution in [0.15, 0.2) is 24.3 Å². The number of hydrogen-bond acceptors (Lipinski definition) is 12. The Kier molecular flexibility index (Phi) is 17.8. The number of thioether (sulfide) groups is 4. The van der Waals surface area contributed by atoms with Gasteiger partial charge in [-0.1, -0.05) is 12.1 Å². The normalized spacial score (nSPS) is 25.5. The zero-order valence-corrected chi connectivity index (χ0v) is 28.6. The standard InChI is InChI=1S/2C14H21NO3S2.Ag/c2*1-19-7-9-3-4-10(11(15-9)8-20-2)13-5-12(17)14(6-16)18-13;/h2*3-4,12-14,16-17H,5-8H2,1-2H3;. The van der Waals surface area contributed by atoms with Crippen molar-refractivity contribution >= 4 is 47.0 Å². The maximum atomic E-state index is 9.87. The van der Waals surface area contributed by atoms with Gasteiger partial charge in [-0.2, -0.15) is 47.0 Å². The number of hydrogen-bond donors (Lipinski definition) is 4. The fraction of sp³-hybridized carbons (Fsp3) is 0.643. The molecule has 41 heavy (non-hydrogen) atoms. The number of rotatable bonds is 12. The van der Waals surface area contributed by atoms with Gasteiger partial charge in [0.2, 0.25) is 0 Å². The van der Waals surface area contributed by atoms with Gasteiger partial charge < -0.3 is 29.9 Å². The molecule has 0 aromatic carbocycles. The van der Waals surface area contributed by atoms with Crippen molar-refractivity contribution in [1.82, 2.24) is 9.97 Å². The van der Waals surface area contributed by atoms with Gasteiger partial charge >= 0.3 is 0 Å². The van der Waals surface area contributed by atoms with Crippen molar-refractivity contribution in [2.75, 3.05) is 38.2 Å². The van der Waals surface area contributed by atoms with E-state index in [0.717, 1.165) is 56.9 Å². The summed E-state index contributed by atoms with van der Waals surface area (Å²) in [4.78, 5) is 9.41. The summed E-state index contributed by atoms with van der Waals surface area (Å²) in [5.74, 6) is 3.46. The van der Waals surface area contributed by atoms with Crippen LogP contribution in [-0.4, -0.2) is 93.0 Å². The van der Waals surface area contributed by atoms with E-state index in [2.05, 4.69) is 24.6 Å². The summed E-state index contributed by atoms with van der Waals surface area (Å²) in [5.41, 5.74) is 6.28. The predicted octanol–water partition coefficient (Wildman–Crippen LogP) is 3.98. The largest absolute Gasteiger partial charge is 0.394 e. The maximum Gasteiger partial charge on any atom is 0.107 e. The summed E-state index contributed by atoms with van der Waals surface area (Å²) in [5, 5.41) is 38.1. The molecule has 2 aliphatic heterocycles. The van der Waals surface area contributed by atoms with E-state index in [4.69, 9.17) is 19.4 Å². The van der Waals surface area contributed by atoms with Crippen LogP contribution in [0.3, 0.4) is 0 Å². The number of nitrogens with zero attached hydrogens (tertiary/aromatic N) is 2. The summed E-state index contributed by atoms with van der Waals surface area (Å²) < 4.78 is 11.5. The molecule has 4 rings (SSSR count). The Hall–Kier alpha value is 0.200. The Morgan fingerprint density at radius 2 is 1.02 bits per heavy atom. The SMILES string of the molecule is CSCc1ccc(C2CC(O)C(CO)O2)c(CSC)n1.CSCc1ccc(C2CC(O)C(CO)O2)c(CSC)n1.[Ag]. The fourth-order valence-electron chi connectivity index (χ4n) is 4.85. The first-order valence-corrected chi connectivity index (χ1v) is 18.8. The Labute approximate surface area is 276 Å². The van der Waals surface area contributed by atoms with Crippen LogP contribution in [0.25, 0.3) is 0 Å². The summed E-state index contributed by atoms with van der Waals surface area (Å²) >= 11 is 6.95. The minimum absolute atomic E-state index is 0. The van der Waals surface area contributed by atoms with Crippen molar-refractivity contribution in [3.05, 3.63) is 58.2 Å².